The van der Waals surface area contributed by atoms with Gasteiger partial charge in [0.1, 0.15) is 24.5 Å². The van der Waals surface area contributed by atoms with Crippen LogP contribution in [0.4, 0.5) is 0 Å². The second kappa shape index (κ2) is 8.95. The highest BCUT2D eigenvalue weighted by atomic mass is 16.5. The number of ether oxygens (including phenoxy) is 3. The molecule has 0 saturated carbocycles. The van der Waals surface area contributed by atoms with Crippen LogP contribution in [0.1, 0.15) is 28.4 Å². The second-order valence-corrected chi connectivity index (χ2v) is 6.24. The third-order valence-corrected chi connectivity index (χ3v) is 4.20. The first-order valence-electron chi connectivity index (χ1n) is 8.88. The van der Waals surface area contributed by atoms with Crippen molar-refractivity contribution in [2.75, 3.05) is 7.11 Å². The Bertz CT molecular complexity index is 936. The molecule has 5 heteroatoms. The third-order valence-electron chi connectivity index (χ3n) is 4.20. The van der Waals surface area contributed by atoms with Crippen LogP contribution in [-0.2, 0) is 13.2 Å². The third kappa shape index (κ3) is 4.43. The predicted molar refractivity (Wildman–Crippen MR) is 106 cm³/mol. The molecule has 28 heavy (non-hydrogen) atoms. The first-order valence-corrected chi connectivity index (χ1v) is 8.88. The number of aromatic hydroxyl groups is 1. The van der Waals surface area contributed by atoms with Crippen LogP contribution in [0, 0.1) is 0 Å². The van der Waals surface area contributed by atoms with E-state index in [1.807, 2.05) is 60.7 Å². The van der Waals surface area contributed by atoms with E-state index in [0.717, 1.165) is 11.1 Å². The molecule has 0 aromatic heterocycles. The second-order valence-electron chi connectivity index (χ2n) is 6.24. The molecule has 0 aliphatic carbocycles. The normalized spacial score (nSPS) is 10.4. The lowest BCUT2D eigenvalue weighted by atomic mass is 10.1. The summed E-state index contributed by atoms with van der Waals surface area (Å²) in [4.78, 5) is 12.1. The van der Waals surface area contributed by atoms with Crippen LogP contribution in [-0.4, -0.2) is 18.0 Å². The van der Waals surface area contributed by atoms with Crippen LogP contribution in [0.25, 0.3) is 0 Å². The summed E-state index contributed by atoms with van der Waals surface area (Å²) in [5, 5.41) is 10.4. The zero-order chi connectivity index (χ0) is 19.9. The molecule has 0 saturated heterocycles. The molecular formula is C23H22O5. The van der Waals surface area contributed by atoms with E-state index in [1.54, 1.807) is 0 Å². The summed E-state index contributed by atoms with van der Waals surface area (Å²) in [6, 6.07) is 20.5. The minimum atomic E-state index is -0.325. The maximum absolute atomic E-state index is 12.1. The van der Waals surface area contributed by atoms with Gasteiger partial charge in [0.2, 0.25) is 5.75 Å². The van der Waals surface area contributed by atoms with Crippen molar-refractivity contribution in [3.05, 3.63) is 83.4 Å². The first-order chi connectivity index (χ1) is 13.6. The van der Waals surface area contributed by atoms with Crippen LogP contribution >= 0.6 is 0 Å². The lowest BCUT2D eigenvalue weighted by Crippen LogP contribution is -2.06. The average molecular weight is 378 g/mol. The Morgan fingerprint density at radius 3 is 1.89 bits per heavy atom. The Labute approximate surface area is 164 Å². The molecule has 0 aliphatic rings. The molecule has 0 atom stereocenters. The van der Waals surface area contributed by atoms with Gasteiger partial charge in [0.05, 0.1) is 7.11 Å². The van der Waals surface area contributed by atoms with Crippen LogP contribution in [0.3, 0.4) is 0 Å². The van der Waals surface area contributed by atoms with Gasteiger partial charge < -0.3 is 19.3 Å². The van der Waals surface area contributed by atoms with Gasteiger partial charge in [-0.25, -0.2) is 0 Å². The first kappa shape index (κ1) is 19.3. The minimum Gasteiger partial charge on any atom is -0.507 e. The number of ketones is 1. The van der Waals surface area contributed by atoms with Crippen molar-refractivity contribution in [3.8, 4) is 23.0 Å². The van der Waals surface area contributed by atoms with Gasteiger partial charge in [-0.05, 0) is 18.1 Å². The molecule has 3 rings (SSSR count). The van der Waals surface area contributed by atoms with E-state index in [1.165, 1.54) is 20.1 Å². The standard InChI is InChI=1S/C23H22O5/c1-16(24)21-19(25)13-20(27-14-17-9-5-3-6-10-17)22(26-2)23(21)28-15-18-11-7-4-8-12-18/h3-13,25H,14-15H2,1-2H3. The number of rotatable bonds is 8. The monoisotopic (exact) mass is 378 g/mol. The molecule has 3 aromatic rings. The van der Waals surface area contributed by atoms with Gasteiger partial charge >= 0.3 is 0 Å². The summed E-state index contributed by atoms with van der Waals surface area (Å²) < 4.78 is 17.2. The van der Waals surface area contributed by atoms with Crippen molar-refractivity contribution >= 4 is 5.78 Å². The number of carbonyl (C=O) groups is 1. The number of benzene rings is 3. The molecule has 1 N–H and O–H groups in total. The summed E-state index contributed by atoms with van der Waals surface area (Å²) in [6.45, 7) is 1.88. The van der Waals surface area contributed by atoms with Crippen LogP contribution in [0.5, 0.6) is 23.0 Å². The van der Waals surface area contributed by atoms with Gasteiger partial charge in [0, 0.05) is 6.07 Å². The predicted octanol–water partition coefficient (Wildman–Crippen LogP) is 4.76. The maximum Gasteiger partial charge on any atom is 0.204 e. The molecule has 0 heterocycles. The number of carbonyl (C=O) groups excluding carboxylic acids is 1. The quantitative estimate of drug-likeness (QED) is 0.573. The Morgan fingerprint density at radius 2 is 1.39 bits per heavy atom. The zero-order valence-electron chi connectivity index (χ0n) is 15.8. The molecule has 144 valence electrons. The Kier molecular flexibility index (Phi) is 6.17. The van der Waals surface area contributed by atoms with E-state index in [9.17, 15) is 9.90 Å². The van der Waals surface area contributed by atoms with Crippen molar-refractivity contribution < 1.29 is 24.1 Å². The molecule has 0 bridgehead atoms. The lowest BCUT2D eigenvalue weighted by Gasteiger charge is -2.19. The van der Waals surface area contributed by atoms with Gasteiger partial charge in [0.15, 0.2) is 17.3 Å². The van der Waals surface area contributed by atoms with E-state index in [4.69, 9.17) is 14.2 Å². The van der Waals surface area contributed by atoms with E-state index < -0.39 is 0 Å². The number of phenols is 1. The molecule has 0 fully saturated rings. The fourth-order valence-corrected chi connectivity index (χ4v) is 2.85. The molecule has 3 aromatic carbocycles. The fraction of sp³-hybridized carbons (Fsp3) is 0.174. The van der Waals surface area contributed by atoms with Gasteiger partial charge in [-0.15, -0.1) is 0 Å². The number of methoxy groups -OCH3 is 1. The van der Waals surface area contributed by atoms with Crippen molar-refractivity contribution in [1.29, 1.82) is 0 Å². The average Bonchev–Trinajstić information content (AvgIpc) is 2.71. The SMILES string of the molecule is COc1c(OCc2ccccc2)cc(O)c(C(C)=O)c1OCc1ccccc1. The summed E-state index contributed by atoms with van der Waals surface area (Å²) in [6.07, 6.45) is 0. The van der Waals surface area contributed by atoms with Crippen LogP contribution < -0.4 is 14.2 Å². The highest BCUT2D eigenvalue weighted by molar-refractivity contribution is 6.01. The summed E-state index contributed by atoms with van der Waals surface area (Å²) in [7, 11) is 1.47. The van der Waals surface area contributed by atoms with Crippen LogP contribution in [0.2, 0.25) is 0 Å². The minimum absolute atomic E-state index is 0.0693. The summed E-state index contributed by atoms with van der Waals surface area (Å²) in [5.41, 5.74) is 1.96. The van der Waals surface area contributed by atoms with E-state index >= 15 is 0 Å². The molecule has 5 nitrogen and oxygen atoms in total. The fourth-order valence-electron chi connectivity index (χ4n) is 2.85. The number of hydrogen-bond acceptors (Lipinski definition) is 5. The molecule has 0 amide bonds. The van der Waals surface area contributed by atoms with Gasteiger partial charge in [-0.3, -0.25) is 4.79 Å². The number of phenolic OH excluding ortho intramolecular Hbond substituents is 1. The van der Waals surface area contributed by atoms with Crippen molar-refractivity contribution in [2.24, 2.45) is 0 Å². The molecule has 0 radical (unpaired) electrons. The highest BCUT2D eigenvalue weighted by Crippen LogP contribution is 2.45. The van der Waals surface area contributed by atoms with Crippen molar-refractivity contribution in [1.82, 2.24) is 0 Å². The van der Waals surface area contributed by atoms with E-state index in [2.05, 4.69) is 0 Å². The lowest BCUT2D eigenvalue weighted by molar-refractivity contribution is 0.100. The number of Topliss-reactive ketones (excluding diaryl/α,β-unsaturated/α-hetero) is 1. The van der Waals surface area contributed by atoms with E-state index in [-0.39, 0.29) is 41.8 Å². The van der Waals surface area contributed by atoms with Crippen molar-refractivity contribution in [3.63, 3.8) is 0 Å². The zero-order valence-corrected chi connectivity index (χ0v) is 15.8. The topological polar surface area (TPSA) is 65.0 Å². The molecule has 0 spiro atoms. The molecular weight excluding hydrogens is 356 g/mol. The Morgan fingerprint density at radius 1 is 0.857 bits per heavy atom. The van der Waals surface area contributed by atoms with Gasteiger partial charge in [0.25, 0.3) is 0 Å². The largest absolute Gasteiger partial charge is 0.507 e. The summed E-state index contributed by atoms with van der Waals surface area (Å²) >= 11 is 0. The van der Waals surface area contributed by atoms with E-state index in [0.29, 0.717) is 5.75 Å². The van der Waals surface area contributed by atoms with Crippen LogP contribution in [0.15, 0.2) is 66.7 Å². The van der Waals surface area contributed by atoms with Crippen molar-refractivity contribution in [2.45, 2.75) is 20.1 Å². The smallest absolute Gasteiger partial charge is 0.204 e. The highest BCUT2D eigenvalue weighted by Gasteiger charge is 2.24. The van der Waals surface area contributed by atoms with Gasteiger partial charge in [-0.2, -0.15) is 0 Å². The summed E-state index contributed by atoms with van der Waals surface area (Å²) in [5.74, 6) is 0.210. The van der Waals surface area contributed by atoms with Gasteiger partial charge in [-0.1, -0.05) is 60.7 Å². The molecule has 0 aliphatic heterocycles. The Balaban J connectivity index is 1.94. The maximum atomic E-state index is 12.1. The Hall–Kier alpha value is -3.47. The molecule has 0 unspecified atom stereocenters. The number of hydrogen-bond donors (Lipinski definition) is 1.